The number of imide groups is 1. The van der Waals surface area contributed by atoms with Gasteiger partial charge in [0.2, 0.25) is 11.8 Å². The van der Waals surface area contributed by atoms with Crippen molar-refractivity contribution in [2.24, 2.45) is 0 Å². The molecule has 0 unspecified atom stereocenters. The second-order valence-electron chi connectivity index (χ2n) is 4.98. The second-order valence-corrected chi connectivity index (χ2v) is 5.91. The van der Waals surface area contributed by atoms with E-state index in [0.717, 1.165) is 11.8 Å². The Morgan fingerprint density at radius 3 is 2.81 bits per heavy atom. The minimum Gasteiger partial charge on any atom is -0.496 e. The van der Waals surface area contributed by atoms with Crippen molar-refractivity contribution >= 4 is 23.6 Å². The summed E-state index contributed by atoms with van der Waals surface area (Å²) >= 11 is 1.03. The molecule has 132 valence electrons. The molecular weight excluding hydrogens is 356 g/mol. The molecule has 0 radical (unpaired) electrons. The molecule has 0 fully saturated rings. The first-order chi connectivity index (χ1) is 12.7. The van der Waals surface area contributed by atoms with E-state index in [-0.39, 0.29) is 16.5 Å². The lowest BCUT2D eigenvalue weighted by Crippen LogP contribution is -2.32. The fourth-order valence-electron chi connectivity index (χ4n) is 2.06. The van der Waals surface area contributed by atoms with Gasteiger partial charge in [0.25, 0.3) is 11.1 Å². The van der Waals surface area contributed by atoms with Crippen LogP contribution in [0.1, 0.15) is 10.4 Å². The van der Waals surface area contributed by atoms with Crippen molar-refractivity contribution in [2.75, 3.05) is 12.9 Å². The average Bonchev–Trinajstić information content (AvgIpc) is 3.16. The van der Waals surface area contributed by atoms with E-state index >= 15 is 0 Å². The third-order valence-electron chi connectivity index (χ3n) is 3.25. The number of aromatic nitrogens is 3. The number of amides is 2. The van der Waals surface area contributed by atoms with Crippen molar-refractivity contribution in [3.8, 4) is 17.2 Å². The number of benzene rings is 1. The van der Waals surface area contributed by atoms with E-state index in [9.17, 15) is 9.59 Å². The van der Waals surface area contributed by atoms with Crippen LogP contribution in [0.15, 0.2) is 58.4 Å². The summed E-state index contributed by atoms with van der Waals surface area (Å²) in [6, 6.07) is 10.2. The highest BCUT2D eigenvalue weighted by Crippen LogP contribution is 2.22. The highest BCUT2D eigenvalue weighted by molar-refractivity contribution is 7.99. The number of hydrogen-bond acceptors (Lipinski definition) is 8. The maximum Gasteiger partial charge on any atom is 0.277 e. The quantitative estimate of drug-likeness (QED) is 0.658. The van der Waals surface area contributed by atoms with Crippen molar-refractivity contribution in [3.05, 3.63) is 54.4 Å². The Labute approximate surface area is 153 Å². The summed E-state index contributed by atoms with van der Waals surface area (Å²) in [4.78, 5) is 28.1. The number of methoxy groups -OCH3 is 1. The fraction of sp³-hybridized carbons (Fsp3) is 0.118. The first-order valence-corrected chi connectivity index (χ1v) is 8.50. The molecule has 0 saturated heterocycles. The standard InChI is InChI=1S/C17H14N4O4S/c1-24-13-7-3-2-6-12(13)15(23)19-14(22)10-26-17-21-20-16(25-17)11-5-4-8-18-9-11/h2-9H,10H2,1H3,(H,19,22,23). The lowest BCUT2D eigenvalue weighted by Gasteiger charge is -2.07. The van der Waals surface area contributed by atoms with Crippen molar-refractivity contribution in [1.82, 2.24) is 20.5 Å². The Balaban J connectivity index is 1.56. The zero-order valence-electron chi connectivity index (χ0n) is 13.7. The van der Waals surface area contributed by atoms with Crippen LogP contribution in [0.25, 0.3) is 11.5 Å². The number of para-hydroxylation sites is 1. The molecule has 8 nitrogen and oxygen atoms in total. The highest BCUT2D eigenvalue weighted by Gasteiger charge is 2.16. The van der Waals surface area contributed by atoms with Crippen LogP contribution in [0.2, 0.25) is 0 Å². The molecule has 0 atom stereocenters. The number of pyridine rings is 1. The van der Waals surface area contributed by atoms with Gasteiger partial charge in [-0.2, -0.15) is 0 Å². The summed E-state index contributed by atoms with van der Waals surface area (Å²) in [5.74, 6) is -0.355. The van der Waals surface area contributed by atoms with Crippen LogP contribution in [0, 0.1) is 0 Å². The van der Waals surface area contributed by atoms with Gasteiger partial charge in [0, 0.05) is 12.4 Å². The largest absolute Gasteiger partial charge is 0.496 e. The minimum atomic E-state index is -0.533. The number of nitrogens with one attached hydrogen (secondary N) is 1. The van der Waals surface area contributed by atoms with Crippen molar-refractivity contribution in [1.29, 1.82) is 0 Å². The third kappa shape index (κ3) is 4.25. The number of thioether (sulfide) groups is 1. The molecule has 2 heterocycles. The molecule has 3 rings (SSSR count). The maximum atomic E-state index is 12.2. The van der Waals surface area contributed by atoms with Gasteiger partial charge in [-0.15, -0.1) is 10.2 Å². The van der Waals surface area contributed by atoms with E-state index in [2.05, 4.69) is 20.5 Å². The fourth-order valence-corrected chi connectivity index (χ4v) is 2.63. The topological polar surface area (TPSA) is 107 Å². The molecule has 3 aromatic rings. The van der Waals surface area contributed by atoms with Gasteiger partial charge in [-0.25, -0.2) is 0 Å². The number of ether oxygens (including phenoxy) is 1. The Bertz CT molecular complexity index is 914. The normalized spacial score (nSPS) is 10.3. The van der Waals surface area contributed by atoms with E-state index in [0.29, 0.717) is 17.2 Å². The summed E-state index contributed by atoms with van der Waals surface area (Å²) < 4.78 is 10.6. The first-order valence-electron chi connectivity index (χ1n) is 7.51. The summed E-state index contributed by atoms with van der Waals surface area (Å²) in [7, 11) is 1.46. The van der Waals surface area contributed by atoms with Crippen molar-refractivity contribution in [2.45, 2.75) is 5.22 Å². The highest BCUT2D eigenvalue weighted by atomic mass is 32.2. The SMILES string of the molecule is COc1ccccc1C(=O)NC(=O)CSc1nnc(-c2cccnc2)o1. The molecule has 0 saturated carbocycles. The molecule has 2 amide bonds. The Morgan fingerprint density at radius 1 is 1.19 bits per heavy atom. The van der Waals surface area contributed by atoms with Crippen LogP contribution >= 0.6 is 11.8 Å². The molecule has 0 bridgehead atoms. The lowest BCUT2D eigenvalue weighted by molar-refractivity contribution is -0.117. The van der Waals surface area contributed by atoms with Crippen molar-refractivity contribution < 1.29 is 18.7 Å². The molecule has 9 heteroatoms. The van der Waals surface area contributed by atoms with Crippen LogP contribution in [-0.4, -0.2) is 39.9 Å². The van der Waals surface area contributed by atoms with E-state index in [1.165, 1.54) is 7.11 Å². The second kappa shape index (κ2) is 8.26. The van der Waals surface area contributed by atoms with E-state index in [1.54, 1.807) is 48.8 Å². The van der Waals surface area contributed by atoms with Gasteiger partial charge in [0.05, 0.1) is 24.0 Å². The number of nitrogens with zero attached hydrogens (tertiary/aromatic N) is 3. The number of carbonyl (C=O) groups excluding carboxylic acids is 2. The molecule has 0 aliphatic heterocycles. The number of rotatable bonds is 6. The van der Waals surface area contributed by atoms with Gasteiger partial charge in [-0.05, 0) is 24.3 Å². The lowest BCUT2D eigenvalue weighted by atomic mass is 10.2. The smallest absolute Gasteiger partial charge is 0.277 e. The third-order valence-corrected chi connectivity index (χ3v) is 4.06. The summed E-state index contributed by atoms with van der Waals surface area (Å²) in [6.45, 7) is 0. The molecule has 0 aliphatic rings. The van der Waals surface area contributed by atoms with Crippen LogP contribution in [0.5, 0.6) is 5.75 Å². The molecule has 0 spiro atoms. The van der Waals surface area contributed by atoms with Gasteiger partial charge in [0.1, 0.15) is 5.75 Å². The van der Waals surface area contributed by atoms with Gasteiger partial charge < -0.3 is 9.15 Å². The average molecular weight is 370 g/mol. The predicted molar refractivity (Wildman–Crippen MR) is 93.7 cm³/mol. The summed E-state index contributed by atoms with van der Waals surface area (Å²) in [5, 5.41) is 10.3. The van der Waals surface area contributed by atoms with Crippen LogP contribution in [-0.2, 0) is 4.79 Å². The Hall–Kier alpha value is -3.20. The van der Waals surface area contributed by atoms with Gasteiger partial charge in [-0.1, -0.05) is 23.9 Å². The molecule has 2 aromatic heterocycles. The Kier molecular flexibility index (Phi) is 5.59. The summed E-state index contributed by atoms with van der Waals surface area (Å²) in [5.41, 5.74) is 0.965. The van der Waals surface area contributed by atoms with Crippen LogP contribution in [0.3, 0.4) is 0 Å². The number of hydrogen-bond donors (Lipinski definition) is 1. The van der Waals surface area contributed by atoms with Crippen LogP contribution in [0.4, 0.5) is 0 Å². The minimum absolute atomic E-state index is 0.0461. The van der Waals surface area contributed by atoms with Crippen molar-refractivity contribution in [3.63, 3.8) is 0 Å². The molecular formula is C17H14N4O4S. The van der Waals surface area contributed by atoms with E-state index in [1.807, 2.05) is 0 Å². The van der Waals surface area contributed by atoms with Gasteiger partial charge >= 0.3 is 0 Å². The Morgan fingerprint density at radius 2 is 2.04 bits per heavy atom. The molecule has 26 heavy (non-hydrogen) atoms. The number of carbonyl (C=O) groups is 2. The zero-order valence-corrected chi connectivity index (χ0v) is 14.5. The summed E-state index contributed by atoms with van der Waals surface area (Å²) in [6.07, 6.45) is 3.24. The predicted octanol–water partition coefficient (Wildman–Crippen LogP) is 2.19. The van der Waals surface area contributed by atoms with E-state index < -0.39 is 11.8 Å². The maximum absolute atomic E-state index is 12.2. The van der Waals surface area contributed by atoms with Crippen LogP contribution < -0.4 is 10.1 Å². The monoisotopic (exact) mass is 370 g/mol. The van der Waals surface area contributed by atoms with Gasteiger partial charge in [0.15, 0.2) is 0 Å². The molecule has 1 N–H and O–H groups in total. The van der Waals surface area contributed by atoms with Gasteiger partial charge in [-0.3, -0.25) is 19.9 Å². The molecule has 0 aliphatic carbocycles. The molecule has 1 aromatic carbocycles. The first kappa shape index (κ1) is 17.6. The zero-order chi connectivity index (χ0) is 18.4. The van der Waals surface area contributed by atoms with E-state index in [4.69, 9.17) is 9.15 Å².